The Labute approximate surface area is 122 Å². The third kappa shape index (κ3) is 4.87. The minimum absolute atomic E-state index is 0.633. The number of hydrogen-bond donors (Lipinski definition) is 2. The van der Waals surface area contributed by atoms with Crippen LogP contribution >= 0.6 is 0 Å². The van der Waals surface area contributed by atoms with Gasteiger partial charge in [0.2, 0.25) is 0 Å². The minimum Gasteiger partial charge on any atom is -0.314 e. The van der Waals surface area contributed by atoms with Crippen molar-refractivity contribution in [2.24, 2.45) is 5.92 Å². The van der Waals surface area contributed by atoms with Gasteiger partial charge in [-0.3, -0.25) is 5.10 Å². The van der Waals surface area contributed by atoms with Crippen molar-refractivity contribution >= 4 is 0 Å². The lowest BCUT2D eigenvalue weighted by Crippen LogP contribution is -2.42. The van der Waals surface area contributed by atoms with Crippen molar-refractivity contribution in [2.45, 2.75) is 52.0 Å². The molecule has 20 heavy (non-hydrogen) atoms. The number of nitrogens with one attached hydrogen (secondary N) is 2. The largest absolute Gasteiger partial charge is 0.314 e. The Hall–Kier alpha value is -0.940. The fraction of sp³-hybridized carbons (Fsp3) is 0.867. The summed E-state index contributed by atoms with van der Waals surface area (Å²) >= 11 is 0. The summed E-state index contributed by atoms with van der Waals surface area (Å²) in [6.07, 6.45) is 7.64. The topological polar surface area (TPSA) is 56.8 Å². The number of likely N-dealkylation sites (tertiary alicyclic amines) is 1. The van der Waals surface area contributed by atoms with Crippen molar-refractivity contribution in [2.75, 3.05) is 26.2 Å². The zero-order valence-corrected chi connectivity index (χ0v) is 12.9. The fourth-order valence-electron chi connectivity index (χ4n) is 3.10. The monoisotopic (exact) mass is 279 g/mol. The maximum atomic E-state index is 4.15. The van der Waals surface area contributed by atoms with Gasteiger partial charge in [-0.25, -0.2) is 4.98 Å². The molecule has 5 nitrogen and oxygen atoms in total. The van der Waals surface area contributed by atoms with Gasteiger partial charge in [-0.2, -0.15) is 5.10 Å². The number of H-pyrrole nitrogens is 1. The van der Waals surface area contributed by atoms with Crippen molar-refractivity contribution in [3.05, 3.63) is 12.2 Å². The fourth-order valence-corrected chi connectivity index (χ4v) is 3.10. The van der Waals surface area contributed by atoms with E-state index in [2.05, 4.69) is 39.2 Å². The van der Waals surface area contributed by atoms with Gasteiger partial charge in [-0.15, -0.1) is 0 Å². The summed E-state index contributed by atoms with van der Waals surface area (Å²) in [5.41, 5.74) is 0. The standard InChI is InChI=1S/C15H29N5/c1-3-9-20-10-6-14(7-11-20)13(2)16-8-4-5-15-17-12-18-19-15/h12-14,16H,3-11H2,1-2H3,(H,17,18,19). The lowest BCUT2D eigenvalue weighted by Gasteiger charge is -2.35. The quantitative estimate of drug-likeness (QED) is 0.713. The Morgan fingerprint density at radius 1 is 1.45 bits per heavy atom. The first-order valence-corrected chi connectivity index (χ1v) is 8.09. The molecule has 0 aromatic carbocycles. The van der Waals surface area contributed by atoms with E-state index in [4.69, 9.17) is 0 Å². The molecule has 1 aliphatic rings. The Kier molecular flexibility index (Phi) is 6.47. The van der Waals surface area contributed by atoms with Crippen LogP contribution in [-0.4, -0.2) is 52.3 Å². The third-order valence-corrected chi connectivity index (χ3v) is 4.40. The molecule has 1 unspecified atom stereocenters. The van der Waals surface area contributed by atoms with Crippen molar-refractivity contribution in [3.8, 4) is 0 Å². The number of nitrogens with zero attached hydrogens (tertiary/aromatic N) is 3. The molecule has 1 aromatic heterocycles. The minimum atomic E-state index is 0.633. The predicted molar refractivity (Wildman–Crippen MR) is 81.6 cm³/mol. The lowest BCUT2D eigenvalue weighted by atomic mass is 9.90. The molecule has 1 aromatic rings. The molecular formula is C15H29N5. The summed E-state index contributed by atoms with van der Waals surface area (Å²) in [5, 5.41) is 10.5. The first kappa shape index (κ1) is 15.4. The van der Waals surface area contributed by atoms with Crippen molar-refractivity contribution in [3.63, 3.8) is 0 Å². The molecule has 0 amide bonds. The summed E-state index contributed by atoms with van der Waals surface area (Å²) in [6.45, 7) is 9.51. The van der Waals surface area contributed by atoms with Crippen LogP contribution < -0.4 is 5.32 Å². The van der Waals surface area contributed by atoms with Crippen molar-refractivity contribution in [1.29, 1.82) is 0 Å². The van der Waals surface area contributed by atoms with Crippen LogP contribution in [0.25, 0.3) is 0 Å². The summed E-state index contributed by atoms with van der Waals surface area (Å²) in [7, 11) is 0. The molecule has 2 rings (SSSR count). The smallest absolute Gasteiger partial charge is 0.137 e. The molecule has 0 aliphatic carbocycles. The van der Waals surface area contributed by atoms with Gasteiger partial charge in [-0.1, -0.05) is 6.92 Å². The second-order valence-corrected chi connectivity index (χ2v) is 5.96. The molecule has 0 bridgehead atoms. The Morgan fingerprint density at radius 3 is 2.90 bits per heavy atom. The lowest BCUT2D eigenvalue weighted by molar-refractivity contribution is 0.163. The number of rotatable bonds is 8. The SMILES string of the molecule is CCCN1CCC(C(C)NCCCc2ncn[nH]2)CC1. The molecule has 2 heterocycles. The first-order chi connectivity index (χ1) is 9.79. The molecule has 0 radical (unpaired) electrons. The van der Waals surface area contributed by atoms with Gasteiger partial charge in [0.25, 0.3) is 0 Å². The van der Waals surface area contributed by atoms with Gasteiger partial charge in [0.1, 0.15) is 12.2 Å². The van der Waals surface area contributed by atoms with E-state index < -0.39 is 0 Å². The van der Waals surface area contributed by atoms with Gasteiger partial charge in [0.15, 0.2) is 0 Å². The van der Waals surface area contributed by atoms with E-state index in [9.17, 15) is 0 Å². The van der Waals surface area contributed by atoms with E-state index in [-0.39, 0.29) is 0 Å². The number of aromatic nitrogens is 3. The summed E-state index contributed by atoms with van der Waals surface area (Å²) in [4.78, 5) is 6.75. The van der Waals surface area contributed by atoms with E-state index in [1.807, 2.05) is 0 Å². The van der Waals surface area contributed by atoms with Crippen LogP contribution in [0.15, 0.2) is 6.33 Å². The van der Waals surface area contributed by atoms with Gasteiger partial charge in [-0.05, 0) is 64.7 Å². The predicted octanol–water partition coefficient (Wildman–Crippen LogP) is 1.84. The average Bonchev–Trinajstić information content (AvgIpc) is 2.98. The average molecular weight is 279 g/mol. The van der Waals surface area contributed by atoms with E-state index >= 15 is 0 Å². The zero-order chi connectivity index (χ0) is 14.2. The summed E-state index contributed by atoms with van der Waals surface area (Å²) < 4.78 is 0. The van der Waals surface area contributed by atoms with Crippen molar-refractivity contribution < 1.29 is 0 Å². The van der Waals surface area contributed by atoms with E-state index in [0.29, 0.717) is 6.04 Å². The van der Waals surface area contributed by atoms with Crippen molar-refractivity contribution in [1.82, 2.24) is 25.4 Å². The highest BCUT2D eigenvalue weighted by Crippen LogP contribution is 2.20. The molecule has 2 N–H and O–H groups in total. The Balaban J connectivity index is 1.57. The molecule has 5 heteroatoms. The van der Waals surface area contributed by atoms with Gasteiger partial charge in [0, 0.05) is 12.5 Å². The normalized spacial score (nSPS) is 19.3. The second-order valence-electron chi connectivity index (χ2n) is 5.96. The van der Waals surface area contributed by atoms with Crippen LogP contribution in [0.2, 0.25) is 0 Å². The summed E-state index contributed by atoms with van der Waals surface area (Å²) in [5.74, 6) is 1.83. The molecule has 1 saturated heterocycles. The van der Waals surface area contributed by atoms with Gasteiger partial charge in [0.05, 0.1) is 0 Å². The number of piperidine rings is 1. The molecular weight excluding hydrogens is 250 g/mol. The van der Waals surface area contributed by atoms with Crippen LogP contribution in [0.3, 0.4) is 0 Å². The highest BCUT2D eigenvalue weighted by molar-refractivity contribution is 4.82. The highest BCUT2D eigenvalue weighted by Gasteiger charge is 2.22. The van der Waals surface area contributed by atoms with Crippen LogP contribution in [0, 0.1) is 5.92 Å². The van der Waals surface area contributed by atoms with Gasteiger partial charge >= 0.3 is 0 Å². The first-order valence-electron chi connectivity index (χ1n) is 8.09. The third-order valence-electron chi connectivity index (χ3n) is 4.40. The maximum Gasteiger partial charge on any atom is 0.137 e. The van der Waals surface area contributed by atoms with Crippen LogP contribution in [-0.2, 0) is 6.42 Å². The number of aryl methyl sites for hydroxylation is 1. The van der Waals surface area contributed by atoms with Crippen LogP contribution in [0.5, 0.6) is 0 Å². The molecule has 0 saturated carbocycles. The number of hydrogen-bond acceptors (Lipinski definition) is 4. The Bertz CT molecular complexity index is 343. The van der Waals surface area contributed by atoms with E-state index in [1.54, 1.807) is 6.33 Å². The van der Waals surface area contributed by atoms with Crippen LogP contribution in [0.4, 0.5) is 0 Å². The maximum absolute atomic E-state index is 4.15. The molecule has 1 fully saturated rings. The molecule has 0 spiro atoms. The zero-order valence-electron chi connectivity index (χ0n) is 12.9. The van der Waals surface area contributed by atoms with Gasteiger partial charge < -0.3 is 10.2 Å². The molecule has 1 atom stereocenters. The second kappa shape index (κ2) is 8.37. The van der Waals surface area contributed by atoms with E-state index in [1.165, 1.54) is 38.9 Å². The molecule has 1 aliphatic heterocycles. The molecule has 114 valence electrons. The number of aromatic amines is 1. The summed E-state index contributed by atoms with van der Waals surface area (Å²) in [6, 6.07) is 0.633. The van der Waals surface area contributed by atoms with E-state index in [0.717, 1.165) is 31.1 Å². The highest BCUT2D eigenvalue weighted by atomic mass is 15.2. The Morgan fingerprint density at radius 2 is 2.25 bits per heavy atom. The van der Waals surface area contributed by atoms with Crippen LogP contribution in [0.1, 0.15) is 45.4 Å².